The molecule has 1 N–H and O–H groups in total. The second-order valence-electron chi connectivity index (χ2n) is 6.23. The number of nitriles is 1. The quantitative estimate of drug-likeness (QED) is 0.793. The number of halogens is 2. The molecule has 1 heterocycles. The van der Waals surface area contributed by atoms with Crippen LogP contribution in [0.5, 0.6) is 0 Å². The summed E-state index contributed by atoms with van der Waals surface area (Å²) in [6.45, 7) is 1.61. The molecule has 26 heavy (non-hydrogen) atoms. The minimum Gasteiger partial charge on any atom is -0.345 e. The van der Waals surface area contributed by atoms with Gasteiger partial charge in [-0.1, -0.05) is 6.07 Å². The van der Waals surface area contributed by atoms with Crippen LogP contribution in [0.4, 0.5) is 8.78 Å². The maximum absolute atomic E-state index is 13.9. The number of carbonyl (C=O) groups excluding carboxylic acids is 1. The summed E-state index contributed by atoms with van der Waals surface area (Å²) in [5.74, 6) is -1.55. The summed E-state index contributed by atoms with van der Waals surface area (Å²) in [4.78, 5) is 17.2. The Bertz CT molecular complexity index is 906. The highest BCUT2D eigenvalue weighted by atomic mass is 32.2. The smallest absolute Gasteiger partial charge is 0.253 e. The Morgan fingerprint density at radius 3 is 2.69 bits per heavy atom. The first-order valence-corrected chi connectivity index (χ1v) is 9.42. The van der Waals surface area contributed by atoms with Crippen molar-refractivity contribution in [2.75, 3.05) is 6.26 Å². The van der Waals surface area contributed by atoms with Crippen molar-refractivity contribution in [2.45, 2.75) is 36.8 Å². The Balaban J connectivity index is 1.91. The summed E-state index contributed by atoms with van der Waals surface area (Å²) >= 11 is 1.31. The summed E-state index contributed by atoms with van der Waals surface area (Å²) in [7, 11) is 0. The fourth-order valence-electron chi connectivity index (χ4n) is 2.77. The number of aromatic nitrogens is 1. The van der Waals surface area contributed by atoms with E-state index in [1.54, 1.807) is 19.2 Å². The first-order chi connectivity index (χ1) is 12.4. The predicted octanol–water partition coefficient (Wildman–Crippen LogP) is 4.32. The van der Waals surface area contributed by atoms with Gasteiger partial charge in [0, 0.05) is 23.2 Å². The number of benzene rings is 1. The average molecular weight is 373 g/mol. The van der Waals surface area contributed by atoms with Gasteiger partial charge in [-0.15, -0.1) is 11.8 Å². The van der Waals surface area contributed by atoms with Gasteiger partial charge in [-0.05, 0) is 38.2 Å². The van der Waals surface area contributed by atoms with Crippen LogP contribution in [0.3, 0.4) is 0 Å². The van der Waals surface area contributed by atoms with Crippen LogP contribution in [0, 0.1) is 23.0 Å². The Morgan fingerprint density at radius 2 is 2.12 bits per heavy atom. The van der Waals surface area contributed by atoms with Crippen LogP contribution in [-0.2, 0) is 0 Å². The number of nitrogens with zero attached hydrogens (tertiary/aromatic N) is 2. The highest BCUT2D eigenvalue weighted by molar-refractivity contribution is 7.98. The number of carbonyl (C=O) groups is 1. The maximum atomic E-state index is 13.9. The van der Waals surface area contributed by atoms with E-state index >= 15 is 0 Å². The number of amides is 1. The largest absolute Gasteiger partial charge is 0.345 e. The van der Waals surface area contributed by atoms with E-state index in [1.807, 2.05) is 6.07 Å². The normalized spacial score (nSPS) is 14.6. The third-order valence-corrected chi connectivity index (χ3v) is 5.01. The molecule has 0 radical (unpaired) electrons. The molecule has 7 heteroatoms. The van der Waals surface area contributed by atoms with Crippen LogP contribution >= 0.6 is 11.8 Å². The molecule has 0 saturated heterocycles. The number of rotatable bonds is 5. The summed E-state index contributed by atoms with van der Waals surface area (Å²) in [5.41, 5.74) is 1.44. The molecule has 4 nitrogen and oxygen atoms in total. The zero-order valence-corrected chi connectivity index (χ0v) is 15.2. The van der Waals surface area contributed by atoms with E-state index in [9.17, 15) is 18.8 Å². The van der Waals surface area contributed by atoms with Gasteiger partial charge < -0.3 is 5.32 Å². The molecule has 134 valence electrons. The van der Waals surface area contributed by atoms with Crippen molar-refractivity contribution in [2.24, 2.45) is 0 Å². The fourth-order valence-corrected chi connectivity index (χ4v) is 3.32. The van der Waals surface area contributed by atoms with E-state index in [1.165, 1.54) is 17.8 Å². The zero-order valence-electron chi connectivity index (χ0n) is 14.3. The molecule has 1 fully saturated rings. The van der Waals surface area contributed by atoms with Crippen molar-refractivity contribution in [3.05, 3.63) is 58.3 Å². The molecule has 2 aromatic rings. The van der Waals surface area contributed by atoms with Crippen molar-refractivity contribution in [1.82, 2.24) is 10.3 Å². The average Bonchev–Trinajstić information content (AvgIpc) is 3.45. The highest BCUT2D eigenvalue weighted by Crippen LogP contribution is 2.40. The van der Waals surface area contributed by atoms with E-state index < -0.39 is 23.6 Å². The fraction of sp³-hybridized carbons (Fsp3) is 0.316. The van der Waals surface area contributed by atoms with Gasteiger partial charge in [0.1, 0.15) is 22.7 Å². The SMILES string of the molecule is CSc1nc(C2CC2)cc(C(=O)NC(C)c2ccc(F)cc2F)c1C#N. The standard InChI is InChI=1S/C19H17F2N3OS/c1-10(13-6-5-12(20)7-16(13)21)23-18(25)14-8-17(11-3-4-11)24-19(26-2)15(14)9-22/h5-8,10-11H,3-4H2,1-2H3,(H,23,25). The van der Waals surface area contributed by atoms with Crippen LogP contribution in [0.25, 0.3) is 0 Å². The highest BCUT2D eigenvalue weighted by Gasteiger charge is 2.29. The van der Waals surface area contributed by atoms with Gasteiger partial charge in [0.25, 0.3) is 5.91 Å². The lowest BCUT2D eigenvalue weighted by molar-refractivity contribution is 0.0938. The van der Waals surface area contributed by atoms with Gasteiger partial charge in [0.2, 0.25) is 0 Å². The van der Waals surface area contributed by atoms with E-state index in [0.717, 1.165) is 30.7 Å². The Labute approximate surface area is 154 Å². The molecule has 1 aromatic heterocycles. The number of thioether (sulfide) groups is 1. The minimum atomic E-state index is -0.725. The molecule has 3 rings (SSSR count). The lowest BCUT2D eigenvalue weighted by atomic mass is 10.0. The number of nitrogens with one attached hydrogen (secondary N) is 1. The lowest BCUT2D eigenvalue weighted by Gasteiger charge is -2.17. The summed E-state index contributed by atoms with van der Waals surface area (Å²) in [5, 5.41) is 12.7. The van der Waals surface area contributed by atoms with Crippen molar-refractivity contribution in [3.63, 3.8) is 0 Å². The molecule has 0 bridgehead atoms. The second kappa shape index (κ2) is 7.42. The summed E-state index contributed by atoms with van der Waals surface area (Å²) in [6, 6.07) is 6.25. The molecule has 0 aliphatic heterocycles. The Hall–Kier alpha value is -2.46. The monoisotopic (exact) mass is 373 g/mol. The van der Waals surface area contributed by atoms with E-state index in [0.29, 0.717) is 10.9 Å². The van der Waals surface area contributed by atoms with Crippen molar-refractivity contribution >= 4 is 17.7 Å². The minimum absolute atomic E-state index is 0.180. The van der Waals surface area contributed by atoms with E-state index in [2.05, 4.69) is 10.3 Å². The van der Waals surface area contributed by atoms with Crippen LogP contribution in [-0.4, -0.2) is 17.1 Å². The third kappa shape index (κ3) is 3.70. The first kappa shape index (κ1) is 18.3. The van der Waals surface area contributed by atoms with E-state index in [4.69, 9.17) is 0 Å². The zero-order chi connectivity index (χ0) is 18.8. The molecule has 1 aliphatic carbocycles. The van der Waals surface area contributed by atoms with Crippen molar-refractivity contribution < 1.29 is 13.6 Å². The van der Waals surface area contributed by atoms with Gasteiger partial charge >= 0.3 is 0 Å². The van der Waals surface area contributed by atoms with Crippen LogP contribution < -0.4 is 5.32 Å². The molecule has 1 saturated carbocycles. The Morgan fingerprint density at radius 1 is 1.38 bits per heavy atom. The molecule has 1 aliphatic rings. The van der Waals surface area contributed by atoms with Gasteiger partial charge in [-0.25, -0.2) is 13.8 Å². The molecule has 1 aromatic carbocycles. The number of hydrogen-bond acceptors (Lipinski definition) is 4. The molecule has 1 unspecified atom stereocenters. The molecule has 0 spiro atoms. The van der Waals surface area contributed by atoms with Crippen LogP contribution in [0.2, 0.25) is 0 Å². The van der Waals surface area contributed by atoms with Crippen LogP contribution in [0.1, 0.15) is 58.9 Å². The van der Waals surface area contributed by atoms with Gasteiger partial charge in [0.15, 0.2) is 0 Å². The molecule has 1 amide bonds. The van der Waals surface area contributed by atoms with Gasteiger partial charge in [0.05, 0.1) is 17.2 Å². The summed E-state index contributed by atoms with van der Waals surface area (Å²) < 4.78 is 27.0. The topological polar surface area (TPSA) is 65.8 Å². The van der Waals surface area contributed by atoms with Crippen molar-refractivity contribution in [3.8, 4) is 6.07 Å². The number of hydrogen-bond donors (Lipinski definition) is 1. The molecular weight excluding hydrogens is 356 g/mol. The number of pyridine rings is 1. The molecule has 1 atom stereocenters. The maximum Gasteiger partial charge on any atom is 0.253 e. The van der Waals surface area contributed by atoms with Gasteiger partial charge in [-0.2, -0.15) is 5.26 Å². The second-order valence-corrected chi connectivity index (χ2v) is 7.02. The first-order valence-electron chi connectivity index (χ1n) is 8.19. The van der Waals surface area contributed by atoms with Gasteiger partial charge in [-0.3, -0.25) is 4.79 Å². The molecular formula is C19H17F2N3OS. The lowest BCUT2D eigenvalue weighted by Crippen LogP contribution is -2.28. The third-order valence-electron chi connectivity index (χ3n) is 4.33. The van der Waals surface area contributed by atoms with Crippen LogP contribution in [0.15, 0.2) is 29.3 Å². The summed E-state index contributed by atoms with van der Waals surface area (Å²) in [6.07, 6.45) is 3.84. The van der Waals surface area contributed by atoms with E-state index in [-0.39, 0.29) is 16.7 Å². The Kier molecular flexibility index (Phi) is 5.23. The predicted molar refractivity (Wildman–Crippen MR) is 94.9 cm³/mol. The van der Waals surface area contributed by atoms with Crippen molar-refractivity contribution in [1.29, 1.82) is 5.26 Å².